The highest BCUT2D eigenvalue weighted by Crippen LogP contribution is 2.37. The predicted molar refractivity (Wildman–Crippen MR) is 135 cm³/mol. The summed E-state index contributed by atoms with van der Waals surface area (Å²) in [6, 6.07) is 22.1. The number of carboxylic acids is 1. The van der Waals surface area contributed by atoms with Crippen LogP contribution in [-0.2, 0) is 30.5 Å². The first-order valence-electron chi connectivity index (χ1n) is 11.7. The Morgan fingerprint density at radius 3 is 1.14 bits per heavy atom. The van der Waals surface area contributed by atoms with E-state index in [0.717, 1.165) is 11.1 Å². The third kappa shape index (κ3) is 4.58. The van der Waals surface area contributed by atoms with Crippen LogP contribution in [0, 0.1) is 0 Å². The predicted octanol–water partition coefficient (Wildman–Crippen LogP) is 4.94. The lowest BCUT2D eigenvalue weighted by Crippen LogP contribution is -2.12. The number of para-hydroxylation sites is 4. The van der Waals surface area contributed by atoms with Crippen molar-refractivity contribution in [2.75, 3.05) is 6.61 Å². The van der Waals surface area contributed by atoms with Crippen molar-refractivity contribution in [3.05, 3.63) is 117 Å². The summed E-state index contributed by atoms with van der Waals surface area (Å²) in [4.78, 5) is 11.3. The first kappa shape index (κ1) is 23.3. The number of carboxylic acid groups (broad SMARTS) is 1. The molecule has 1 aliphatic rings. The number of hydrogen-bond acceptors (Lipinski definition) is 5. The summed E-state index contributed by atoms with van der Waals surface area (Å²) >= 11 is 0. The number of aliphatic carboxylic acids is 1. The van der Waals surface area contributed by atoms with Crippen LogP contribution in [0.2, 0.25) is 0 Å². The van der Waals surface area contributed by atoms with Crippen LogP contribution in [0.4, 0.5) is 0 Å². The van der Waals surface area contributed by atoms with Crippen LogP contribution in [0.15, 0.2) is 72.8 Å². The van der Waals surface area contributed by atoms with Crippen molar-refractivity contribution in [1.82, 2.24) is 0 Å². The summed E-state index contributed by atoms with van der Waals surface area (Å²) in [7, 11) is 0. The Morgan fingerprint density at radius 2 is 0.833 bits per heavy atom. The molecular weight excluding hydrogens is 456 g/mol. The number of carbonyl (C=O) groups is 1. The van der Waals surface area contributed by atoms with Crippen LogP contribution in [0.1, 0.15) is 44.5 Å². The van der Waals surface area contributed by atoms with Crippen LogP contribution < -0.4 is 4.74 Å². The largest absolute Gasteiger partial charge is 0.507 e. The summed E-state index contributed by atoms with van der Waals surface area (Å²) < 4.78 is 5.75. The van der Waals surface area contributed by atoms with Gasteiger partial charge in [0, 0.05) is 25.7 Å². The van der Waals surface area contributed by atoms with Crippen molar-refractivity contribution < 1.29 is 30.0 Å². The molecule has 4 aromatic rings. The van der Waals surface area contributed by atoms with Crippen LogP contribution in [0.3, 0.4) is 0 Å². The Morgan fingerprint density at radius 1 is 0.556 bits per heavy atom. The summed E-state index contributed by atoms with van der Waals surface area (Å²) in [5.74, 6) is -0.245. The maximum Gasteiger partial charge on any atom is 0.341 e. The van der Waals surface area contributed by atoms with Gasteiger partial charge in [0.25, 0.3) is 0 Å². The van der Waals surface area contributed by atoms with E-state index >= 15 is 0 Å². The zero-order chi connectivity index (χ0) is 25.2. The van der Waals surface area contributed by atoms with Gasteiger partial charge in [-0.1, -0.05) is 72.8 Å². The van der Waals surface area contributed by atoms with Crippen molar-refractivity contribution in [3.8, 4) is 23.0 Å². The minimum absolute atomic E-state index is 0.131. The molecule has 0 atom stereocenters. The van der Waals surface area contributed by atoms with Gasteiger partial charge >= 0.3 is 5.97 Å². The highest BCUT2D eigenvalue weighted by molar-refractivity contribution is 5.68. The fraction of sp³-hybridized carbons (Fsp3) is 0.167. The summed E-state index contributed by atoms with van der Waals surface area (Å²) in [5, 5.41) is 42.5. The number of benzene rings is 4. The molecule has 0 radical (unpaired) electrons. The molecular formula is C30H26O6. The Kier molecular flexibility index (Phi) is 6.25. The normalized spacial score (nSPS) is 12.7. The van der Waals surface area contributed by atoms with Crippen LogP contribution >= 0.6 is 0 Å². The molecule has 0 fully saturated rings. The molecule has 0 amide bonds. The minimum atomic E-state index is -1.09. The molecule has 6 heteroatoms. The molecule has 0 unspecified atom stereocenters. The number of hydrogen-bond donors (Lipinski definition) is 4. The van der Waals surface area contributed by atoms with E-state index < -0.39 is 12.6 Å². The van der Waals surface area contributed by atoms with Gasteiger partial charge in [0.05, 0.1) is 0 Å². The number of fused-ring (bicyclic) bond motifs is 8. The maximum absolute atomic E-state index is 11.3. The molecule has 0 aromatic heterocycles. The van der Waals surface area contributed by atoms with Crippen LogP contribution in [0.25, 0.3) is 0 Å². The molecule has 36 heavy (non-hydrogen) atoms. The van der Waals surface area contributed by atoms with Crippen molar-refractivity contribution in [2.24, 2.45) is 0 Å². The number of ether oxygens (including phenoxy) is 1. The number of phenols is 3. The molecule has 0 heterocycles. The molecule has 0 spiro atoms. The molecule has 6 nitrogen and oxygen atoms in total. The average Bonchev–Trinajstić information content (AvgIpc) is 2.85. The van der Waals surface area contributed by atoms with Crippen molar-refractivity contribution in [1.29, 1.82) is 0 Å². The topological polar surface area (TPSA) is 107 Å². The van der Waals surface area contributed by atoms with E-state index in [9.17, 15) is 25.2 Å². The number of aromatic hydroxyl groups is 3. The second-order valence-electron chi connectivity index (χ2n) is 9.07. The highest BCUT2D eigenvalue weighted by Gasteiger charge is 2.19. The quantitative estimate of drug-likeness (QED) is 0.290. The molecule has 0 saturated heterocycles. The van der Waals surface area contributed by atoms with Gasteiger partial charge < -0.3 is 25.2 Å². The van der Waals surface area contributed by atoms with E-state index in [4.69, 9.17) is 4.74 Å². The van der Waals surface area contributed by atoms with E-state index in [1.54, 1.807) is 0 Å². The molecule has 8 bridgehead atoms. The zero-order valence-electron chi connectivity index (χ0n) is 19.6. The van der Waals surface area contributed by atoms with E-state index in [1.165, 1.54) is 0 Å². The summed E-state index contributed by atoms with van der Waals surface area (Å²) in [5.41, 5.74) is 5.48. The van der Waals surface area contributed by atoms with Gasteiger partial charge in [-0.2, -0.15) is 0 Å². The highest BCUT2D eigenvalue weighted by atomic mass is 16.5. The van der Waals surface area contributed by atoms with Gasteiger partial charge in [-0.05, 0) is 44.5 Å². The molecule has 4 N–H and O–H groups in total. The molecule has 1 aliphatic carbocycles. The third-order valence-corrected chi connectivity index (χ3v) is 6.65. The second-order valence-corrected chi connectivity index (χ2v) is 9.07. The van der Waals surface area contributed by atoms with Crippen molar-refractivity contribution >= 4 is 5.97 Å². The lowest BCUT2D eigenvalue weighted by atomic mass is 9.91. The standard InChI is InChI=1S/C30H26O6/c31-26(32)17-36-30-24-11-4-12-25(30)16-23-10-3-8-21(29(23)35)14-19-6-1-5-18(27(19)33)13-20-7-2-9-22(15-24)28(20)34/h1-12,33-35H,13-17H2,(H,31,32). The molecule has 0 saturated carbocycles. The van der Waals surface area contributed by atoms with Gasteiger partial charge in [-0.15, -0.1) is 0 Å². The Balaban J connectivity index is 1.70. The Bertz CT molecular complexity index is 1360. The third-order valence-electron chi connectivity index (χ3n) is 6.65. The van der Waals surface area contributed by atoms with E-state index in [0.29, 0.717) is 64.8 Å². The second kappa shape index (κ2) is 9.66. The Hall–Kier alpha value is -4.45. The number of phenolic OH excluding ortho intramolecular Hbond substituents is 3. The van der Waals surface area contributed by atoms with Gasteiger partial charge in [0.1, 0.15) is 23.0 Å². The van der Waals surface area contributed by atoms with Crippen molar-refractivity contribution in [2.45, 2.75) is 25.7 Å². The van der Waals surface area contributed by atoms with Crippen LogP contribution in [0.5, 0.6) is 23.0 Å². The van der Waals surface area contributed by atoms with Gasteiger partial charge in [-0.25, -0.2) is 4.79 Å². The smallest absolute Gasteiger partial charge is 0.341 e. The van der Waals surface area contributed by atoms with E-state index in [2.05, 4.69) is 0 Å². The first-order chi connectivity index (χ1) is 17.4. The fourth-order valence-corrected chi connectivity index (χ4v) is 4.85. The number of rotatable bonds is 3. The lowest BCUT2D eigenvalue weighted by molar-refractivity contribution is -0.139. The minimum Gasteiger partial charge on any atom is -0.507 e. The van der Waals surface area contributed by atoms with Gasteiger partial charge in [0.15, 0.2) is 6.61 Å². The maximum atomic E-state index is 11.3. The lowest BCUT2D eigenvalue weighted by Gasteiger charge is -2.18. The SMILES string of the molecule is O=C(O)COc1c2cccc1Cc1cccc(c1O)Cc1cccc(c1O)Cc1cccc(c1O)C2. The van der Waals surface area contributed by atoms with Gasteiger partial charge in [-0.3, -0.25) is 0 Å². The molecule has 5 rings (SSSR count). The van der Waals surface area contributed by atoms with Crippen molar-refractivity contribution in [3.63, 3.8) is 0 Å². The van der Waals surface area contributed by atoms with Gasteiger partial charge in [0.2, 0.25) is 0 Å². The summed E-state index contributed by atoms with van der Waals surface area (Å²) in [6.45, 7) is -0.504. The van der Waals surface area contributed by atoms with E-state index in [1.807, 2.05) is 72.8 Å². The molecule has 182 valence electrons. The summed E-state index contributed by atoms with van der Waals surface area (Å²) in [6.07, 6.45) is 1.29. The van der Waals surface area contributed by atoms with E-state index in [-0.39, 0.29) is 17.2 Å². The fourth-order valence-electron chi connectivity index (χ4n) is 4.85. The average molecular weight is 483 g/mol. The Labute approximate surface area is 208 Å². The van der Waals surface area contributed by atoms with Crippen LogP contribution in [-0.4, -0.2) is 33.0 Å². The molecule has 4 aromatic carbocycles. The molecule has 0 aliphatic heterocycles. The monoisotopic (exact) mass is 482 g/mol. The first-order valence-corrected chi connectivity index (χ1v) is 11.7. The zero-order valence-corrected chi connectivity index (χ0v) is 19.6.